The Balaban J connectivity index is 1.93. The monoisotopic (exact) mass is 558 g/mol. The predicted octanol–water partition coefficient (Wildman–Crippen LogP) is 8.02. The lowest BCUT2D eigenvalue weighted by Crippen LogP contribution is -2.38. The molecule has 0 spiro atoms. The van der Waals surface area contributed by atoms with Crippen LogP contribution in [0.5, 0.6) is 0 Å². The number of rotatable bonds is 31. The van der Waals surface area contributed by atoms with E-state index in [2.05, 4.69) is 13.8 Å². The van der Waals surface area contributed by atoms with Crippen molar-refractivity contribution in [3.63, 3.8) is 0 Å². The summed E-state index contributed by atoms with van der Waals surface area (Å²) in [5.41, 5.74) is 0. The van der Waals surface area contributed by atoms with Gasteiger partial charge in [0, 0.05) is 13.2 Å². The summed E-state index contributed by atoms with van der Waals surface area (Å²) in [6.45, 7) is 8.72. The molecule has 1 fully saturated rings. The summed E-state index contributed by atoms with van der Waals surface area (Å²) in [7, 11) is 0. The van der Waals surface area contributed by atoms with Gasteiger partial charge in [-0.15, -0.1) is 0 Å². The van der Waals surface area contributed by atoms with Gasteiger partial charge >= 0.3 is 0 Å². The summed E-state index contributed by atoms with van der Waals surface area (Å²) in [6.07, 6.45) is 25.9. The smallest absolute Gasteiger partial charge is 0.114 e. The second kappa shape index (κ2) is 29.3. The van der Waals surface area contributed by atoms with Crippen LogP contribution in [0.4, 0.5) is 0 Å². The van der Waals surface area contributed by atoms with Gasteiger partial charge in [0.2, 0.25) is 0 Å². The normalized spacial score (nSPS) is 19.3. The summed E-state index contributed by atoms with van der Waals surface area (Å²) in [6, 6.07) is 0. The molecule has 0 aromatic heterocycles. The molecule has 1 heterocycles. The number of ether oxygens (including phenoxy) is 5. The van der Waals surface area contributed by atoms with Crippen LogP contribution in [0, 0.1) is 0 Å². The molecule has 3 atom stereocenters. The highest BCUT2D eigenvalue weighted by atomic mass is 16.6. The molecule has 0 radical (unpaired) electrons. The summed E-state index contributed by atoms with van der Waals surface area (Å²) >= 11 is 0. The summed E-state index contributed by atoms with van der Waals surface area (Å²) in [4.78, 5) is 0. The van der Waals surface area contributed by atoms with Crippen LogP contribution < -0.4 is 0 Å². The van der Waals surface area contributed by atoms with E-state index in [1.54, 1.807) is 0 Å². The molecule has 6 heteroatoms. The molecule has 1 aliphatic rings. The van der Waals surface area contributed by atoms with Crippen molar-refractivity contribution in [2.24, 2.45) is 0 Å². The van der Waals surface area contributed by atoms with E-state index in [9.17, 15) is 5.11 Å². The molecule has 0 saturated carbocycles. The average Bonchev–Trinajstić information content (AvgIpc) is 3.34. The Morgan fingerprint density at radius 2 is 0.923 bits per heavy atom. The summed E-state index contributed by atoms with van der Waals surface area (Å²) in [5.74, 6) is 0. The van der Waals surface area contributed by atoms with Crippen molar-refractivity contribution in [2.75, 3.05) is 52.9 Å². The predicted molar refractivity (Wildman–Crippen MR) is 162 cm³/mol. The maximum Gasteiger partial charge on any atom is 0.114 e. The fourth-order valence-corrected chi connectivity index (χ4v) is 5.25. The third-order valence-corrected chi connectivity index (χ3v) is 7.77. The van der Waals surface area contributed by atoms with Gasteiger partial charge < -0.3 is 28.8 Å². The molecule has 234 valence electrons. The highest BCUT2D eigenvalue weighted by Crippen LogP contribution is 2.20. The van der Waals surface area contributed by atoms with Crippen molar-refractivity contribution in [3.8, 4) is 0 Å². The van der Waals surface area contributed by atoms with E-state index < -0.39 is 0 Å². The zero-order valence-corrected chi connectivity index (χ0v) is 26.0. The van der Waals surface area contributed by atoms with Crippen LogP contribution in [0.2, 0.25) is 0 Å². The first-order valence-electron chi connectivity index (χ1n) is 16.9. The summed E-state index contributed by atoms with van der Waals surface area (Å²) < 4.78 is 29.2. The van der Waals surface area contributed by atoms with Gasteiger partial charge in [0.05, 0.1) is 39.6 Å². The molecule has 1 aliphatic heterocycles. The van der Waals surface area contributed by atoms with E-state index in [-0.39, 0.29) is 24.9 Å². The van der Waals surface area contributed by atoms with Gasteiger partial charge in [-0.1, -0.05) is 129 Å². The van der Waals surface area contributed by atoms with Gasteiger partial charge in [0.15, 0.2) is 0 Å². The van der Waals surface area contributed by atoms with E-state index in [1.165, 1.54) is 116 Å². The lowest BCUT2D eigenvalue weighted by molar-refractivity contribution is -0.0893. The molecule has 1 N–H and O–H groups in total. The maximum absolute atomic E-state index is 9.65. The molecule has 39 heavy (non-hydrogen) atoms. The van der Waals surface area contributed by atoms with Gasteiger partial charge in [0.1, 0.15) is 18.3 Å². The molecular weight excluding hydrogens is 492 g/mol. The summed E-state index contributed by atoms with van der Waals surface area (Å²) in [5, 5.41) is 9.65. The zero-order valence-electron chi connectivity index (χ0n) is 26.0. The Labute approximate surface area is 242 Å². The Bertz CT molecular complexity index is 477. The van der Waals surface area contributed by atoms with Gasteiger partial charge in [-0.2, -0.15) is 0 Å². The molecule has 1 rings (SSSR count). The maximum atomic E-state index is 9.65. The van der Waals surface area contributed by atoms with Gasteiger partial charge in [0.25, 0.3) is 0 Å². The lowest BCUT2D eigenvalue weighted by atomic mass is 10.1. The molecule has 0 amide bonds. The van der Waals surface area contributed by atoms with Crippen LogP contribution >= 0.6 is 0 Å². The van der Waals surface area contributed by atoms with E-state index in [0.717, 1.165) is 26.1 Å². The highest BCUT2D eigenvalue weighted by molar-refractivity contribution is 4.85. The standard InChI is InChI=1S/C33H66O6/c1-3-5-7-9-11-13-15-17-19-21-23-35-25-27-37-32-30-39-31(29-34)33(32)38-28-26-36-24-22-20-18-16-14-12-10-8-6-4-2/h31-34H,3-30H2,1-2H3/t31?,32?,33-/m0/s1. The minimum absolute atomic E-state index is 0.0563. The number of aliphatic hydroxyl groups excluding tert-OH is 1. The highest BCUT2D eigenvalue weighted by Gasteiger charge is 2.38. The number of hydrogen-bond acceptors (Lipinski definition) is 6. The number of aliphatic hydroxyl groups is 1. The zero-order chi connectivity index (χ0) is 28.1. The van der Waals surface area contributed by atoms with Gasteiger partial charge in [-0.3, -0.25) is 0 Å². The fraction of sp³-hybridized carbons (Fsp3) is 1.00. The molecule has 0 aromatic carbocycles. The van der Waals surface area contributed by atoms with Crippen LogP contribution in [0.15, 0.2) is 0 Å². The van der Waals surface area contributed by atoms with Crippen molar-refractivity contribution in [1.82, 2.24) is 0 Å². The topological polar surface area (TPSA) is 66.4 Å². The van der Waals surface area contributed by atoms with Crippen LogP contribution in [-0.4, -0.2) is 76.3 Å². The minimum Gasteiger partial charge on any atom is -0.394 e. The largest absolute Gasteiger partial charge is 0.394 e. The van der Waals surface area contributed by atoms with Crippen LogP contribution in [-0.2, 0) is 23.7 Å². The van der Waals surface area contributed by atoms with Gasteiger partial charge in [-0.25, -0.2) is 0 Å². The molecule has 0 bridgehead atoms. The van der Waals surface area contributed by atoms with E-state index >= 15 is 0 Å². The van der Waals surface area contributed by atoms with Crippen LogP contribution in [0.3, 0.4) is 0 Å². The van der Waals surface area contributed by atoms with Crippen LogP contribution in [0.1, 0.15) is 142 Å². The molecule has 2 unspecified atom stereocenters. The second-order valence-electron chi connectivity index (χ2n) is 11.4. The van der Waals surface area contributed by atoms with Crippen molar-refractivity contribution in [3.05, 3.63) is 0 Å². The Morgan fingerprint density at radius 1 is 0.513 bits per heavy atom. The Morgan fingerprint density at radius 3 is 1.36 bits per heavy atom. The fourth-order valence-electron chi connectivity index (χ4n) is 5.25. The van der Waals surface area contributed by atoms with E-state index in [4.69, 9.17) is 23.7 Å². The van der Waals surface area contributed by atoms with Gasteiger partial charge in [-0.05, 0) is 12.8 Å². The number of hydrogen-bond donors (Lipinski definition) is 1. The van der Waals surface area contributed by atoms with Crippen molar-refractivity contribution in [2.45, 2.75) is 161 Å². The second-order valence-corrected chi connectivity index (χ2v) is 11.4. The van der Waals surface area contributed by atoms with Crippen molar-refractivity contribution >= 4 is 0 Å². The quantitative estimate of drug-likeness (QED) is 0.0869. The Kier molecular flexibility index (Phi) is 27.6. The van der Waals surface area contributed by atoms with Crippen LogP contribution in [0.25, 0.3) is 0 Å². The first-order chi connectivity index (χ1) is 19.3. The third kappa shape index (κ3) is 22.1. The van der Waals surface area contributed by atoms with Crippen molar-refractivity contribution in [1.29, 1.82) is 0 Å². The first kappa shape index (κ1) is 36.8. The molecule has 6 nitrogen and oxygen atoms in total. The SMILES string of the molecule is CCCCCCCCCCCCOCCOC1COC(CO)[C@@H]1OCCOCCCCCCCCCCCC. The van der Waals surface area contributed by atoms with Crippen molar-refractivity contribution < 1.29 is 28.8 Å². The van der Waals surface area contributed by atoms with E-state index in [0.29, 0.717) is 33.0 Å². The molecule has 0 aliphatic carbocycles. The minimum atomic E-state index is -0.329. The third-order valence-electron chi connectivity index (χ3n) is 7.77. The molecule has 0 aromatic rings. The first-order valence-corrected chi connectivity index (χ1v) is 16.9. The Hall–Kier alpha value is -0.240. The average molecular weight is 559 g/mol. The lowest BCUT2D eigenvalue weighted by Gasteiger charge is -2.22. The molecular formula is C33H66O6. The molecule has 1 saturated heterocycles. The number of unbranched alkanes of at least 4 members (excludes halogenated alkanes) is 18. The van der Waals surface area contributed by atoms with E-state index in [1.807, 2.05) is 0 Å².